The summed E-state index contributed by atoms with van der Waals surface area (Å²) in [5.74, 6) is -0.0182. The van der Waals surface area contributed by atoms with Crippen LogP contribution < -0.4 is 5.32 Å². The third-order valence-corrected chi connectivity index (χ3v) is 4.77. The lowest BCUT2D eigenvalue weighted by molar-refractivity contribution is -0.118. The van der Waals surface area contributed by atoms with Crippen molar-refractivity contribution >= 4 is 16.7 Å². The van der Waals surface area contributed by atoms with Crippen molar-refractivity contribution in [3.63, 3.8) is 0 Å². The van der Waals surface area contributed by atoms with Crippen LogP contribution in [0.15, 0.2) is 84.4 Å². The van der Waals surface area contributed by atoms with Crippen LogP contribution >= 0.6 is 0 Å². The molecule has 26 heavy (non-hydrogen) atoms. The molecular weight excluding hydrogens is 322 g/mol. The monoisotopic (exact) mass is 343 g/mol. The second-order valence-corrected chi connectivity index (χ2v) is 6.48. The first-order valence-electron chi connectivity index (χ1n) is 8.92. The molecule has 0 bridgehead atoms. The van der Waals surface area contributed by atoms with Gasteiger partial charge < -0.3 is 10.1 Å². The fourth-order valence-electron chi connectivity index (χ4n) is 3.35. The molecule has 130 valence electrons. The van der Waals surface area contributed by atoms with E-state index >= 15 is 0 Å². The summed E-state index contributed by atoms with van der Waals surface area (Å²) in [6.45, 7) is 1.11. The van der Waals surface area contributed by atoms with Crippen LogP contribution in [0.2, 0.25) is 0 Å². The zero-order valence-electron chi connectivity index (χ0n) is 14.5. The molecule has 1 aliphatic rings. The standard InChI is InChI=1S/C23H21NO2/c25-23(19-12-14-26-15-13-19)24-22(18-7-2-1-3-8-18)21-11-10-17-6-4-5-9-20(17)16-21/h1-12,16,22H,13-15H2,(H,24,25)/t22-/m0/s1. The van der Waals surface area contributed by atoms with Crippen molar-refractivity contribution in [2.75, 3.05) is 13.2 Å². The number of nitrogens with one attached hydrogen (secondary N) is 1. The second kappa shape index (κ2) is 7.54. The highest BCUT2D eigenvalue weighted by molar-refractivity contribution is 5.94. The van der Waals surface area contributed by atoms with Crippen molar-refractivity contribution in [2.45, 2.75) is 12.5 Å². The molecule has 1 N–H and O–H groups in total. The number of hydrogen-bond donors (Lipinski definition) is 1. The number of ether oxygens (including phenoxy) is 1. The maximum atomic E-state index is 12.8. The van der Waals surface area contributed by atoms with Crippen molar-refractivity contribution in [3.8, 4) is 0 Å². The minimum atomic E-state index is -0.183. The predicted molar refractivity (Wildman–Crippen MR) is 104 cm³/mol. The lowest BCUT2D eigenvalue weighted by atomic mass is 9.95. The van der Waals surface area contributed by atoms with Crippen LogP contribution in [0.5, 0.6) is 0 Å². The van der Waals surface area contributed by atoms with Gasteiger partial charge in [-0.2, -0.15) is 0 Å². The van der Waals surface area contributed by atoms with Gasteiger partial charge in [-0.3, -0.25) is 4.79 Å². The van der Waals surface area contributed by atoms with Crippen LogP contribution in [0, 0.1) is 0 Å². The Bertz CT molecular complexity index is 947. The predicted octanol–water partition coefficient (Wildman–Crippen LogP) is 4.39. The zero-order chi connectivity index (χ0) is 17.8. The SMILES string of the molecule is O=C(N[C@@H](c1ccccc1)c1ccc2ccccc2c1)C1=CCOCC1. The molecule has 3 heteroatoms. The van der Waals surface area contributed by atoms with E-state index in [2.05, 4.69) is 47.8 Å². The van der Waals surface area contributed by atoms with Gasteiger partial charge in [0.25, 0.3) is 0 Å². The first-order valence-corrected chi connectivity index (χ1v) is 8.92. The number of fused-ring (bicyclic) bond motifs is 1. The Balaban J connectivity index is 1.70. The number of carbonyl (C=O) groups excluding carboxylic acids is 1. The van der Waals surface area contributed by atoms with Gasteiger partial charge in [-0.05, 0) is 28.0 Å². The van der Waals surface area contributed by atoms with Crippen LogP contribution in [0.1, 0.15) is 23.6 Å². The molecule has 3 nitrogen and oxygen atoms in total. The van der Waals surface area contributed by atoms with E-state index in [0.29, 0.717) is 19.6 Å². The van der Waals surface area contributed by atoms with Gasteiger partial charge >= 0.3 is 0 Å². The maximum absolute atomic E-state index is 12.8. The number of carbonyl (C=O) groups is 1. The van der Waals surface area contributed by atoms with Gasteiger partial charge in [-0.25, -0.2) is 0 Å². The van der Waals surface area contributed by atoms with Crippen LogP contribution in [0.4, 0.5) is 0 Å². The third kappa shape index (κ3) is 3.53. The fraction of sp³-hybridized carbons (Fsp3) is 0.174. The Labute approximate surface area is 153 Å². The lowest BCUT2D eigenvalue weighted by Crippen LogP contribution is -2.31. The Morgan fingerprint density at radius 2 is 1.65 bits per heavy atom. The van der Waals surface area contributed by atoms with E-state index in [9.17, 15) is 4.79 Å². The van der Waals surface area contributed by atoms with E-state index in [1.54, 1.807) is 0 Å². The van der Waals surface area contributed by atoms with E-state index in [0.717, 1.165) is 16.7 Å². The van der Waals surface area contributed by atoms with Gasteiger partial charge in [-0.15, -0.1) is 0 Å². The van der Waals surface area contributed by atoms with Gasteiger partial charge in [0, 0.05) is 12.0 Å². The van der Waals surface area contributed by atoms with Crippen molar-refractivity contribution in [2.24, 2.45) is 0 Å². The molecule has 1 atom stereocenters. The molecule has 0 radical (unpaired) electrons. The molecule has 3 aromatic rings. The Kier molecular flexibility index (Phi) is 4.80. The first kappa shape index (κ1) is 16.6. The molecule has 1 aliphatic heterocycles. The molecule has 1 amide bonds. The number of rotatable bonds is 4. The van der Waals surface area contributed by atoms with Crippen LogP contribution in [0.3, 0.4) is 0 Å². The Hall–Kier alpha value is -2.91. The summed E-state index contributed by atoms with van der Waals surface area (Å²) in [6.07, 6.45) is 2.53. The van der Waals surface area contributed by atoms with Gasteiger partial charge in [-0.1, -0.05) is 72.8 Å². The van der Waals surface area contributed by atoms with E-state index in [4.69, 9.17) is 4.74 Å². The van der Waals surface area contributed by atoms with Crippen molar-refractivity contribution < 1.29 is 9.53 Å². The summed E-state index contributed by atoms with van der Waals surface area (Å²) in [5.41, 5.74) is 2.96. The summed E-state index contributed by atoms with van der Waals surface area (Å²) in [6, 6.07) is 24.6. The molecule has 0 aliphatic carbocycles. The molecule has 0 saturated carbocycles. The molecule has 0 saturated heterocycles. The summed E-state index contributed by atoms with van der Waals surface area (Å²) >= 11 is 0. The maximum Gasteiger partial charge on any atom is 0.247 e. The van der Waals surface area contributed by atoms with Gasteiger partial charge in [0.2, 0.25) is 5.91 Å². The average Bonchev–Trinajstić information content (AvgIpc) is 2.73. The van der Waals surface area contributed by atoms with Crippen LogP contribution in [0.25, 0.3) is 10.8 Å². The Morgan fingerprint density at radius 3 is 2.42 bits per heavy atom. The fourth-order valence-corrected chi connectivity index (χ4v) is 3.35. The summed E-state index contributed by atoms with van der Waals surface area (Å²) in [7, 11) is 0. The lowest BCUT2D eigenvalue weighted by Gasteiger charge is -2.22. The molecule has 0 aromatic heterocycles. The minimum Gasteiger partial charge on any atom is -0.377 e. The quantitative estimate of drug-likeness (QED) is 0.763. The molecular formula is C23H21NO2. The molecule has 0 spiro atoms. The second-order valence-electron chi connectivity index (χ2n) is 6.48. The average molecular weight is 343 g/mol. The highest BCUT2D eigenvalue weighted by atomic mass is 16.5. The molecule has 3 aromatic carbocycles. The van der Waals surface area contributed by atoms with Gasteiger partial charge in [0.05, 0.1) is 19.3 Å². The normalized spacial score (nSPS) is 15.3. The number of amides is 1. The van der Waals surface area contributed by atoms with Crippen molar-refractivity contribution in [1.82, 2.24) is 5.32 Å². The van der Waals surface area contributed by atoms with Crippen molar-refractivity contribution in [3.05, 3.63) is 95.6 Å². The largest absolute Gasteiger partial charge is 0.377 e. The van der Waals surface area contributed by atoms with Crippen LogP contribution in [-0.4, -0.2) is 19.1 Å². The van der Waals surface area contributed by atoms with E-state index in [1.165, 1.54) is 10.8 Å². The summed E-state index contributed by atoms with van der Waals surface area (Å²) in [5, 5.41) is 5.59. The van der Waals surface area contributed by atoms with E-state index < -0.39 is 0 Å². The number of benzene rings is 3. The first-order chi connectivity index (χ1) is 12.8. The number of hydrogen-bond acceptors (Lipinski definition) is 2. The zero-order valence-corrected chi connectivity index (χ0v) is 14.5. The minimum absolute atomic E-state index is 0.0182. The Morgan fingerprint density at radius 1 is 0.885 bits per heavy atom. The molecule has 0 fully saturated rings. The van der Waals surface area contributed by atoms with Gasteiger partial charge in [0.15, 0.2) is 0 Å². The highest BCUT2D eigenvalue weighted by Crippen LogP contribution is 2.26. The topological polar surface area (TPSA) is 38.3 Å². The highest BCUT2D eigenvalue weighted by Gasteiger charge is 2.20. The van der Waals surface area contributed by atoms with E-state index in [-0.39, 0.29) is 11.9 Å². The third-order valence-electron chi connectivity index (χ3n) is 4.77. The summed E-state index contributed by atoms with van der Waals surface area (Å²) in [4.78, 5) is 12.8. The van der Waals surface area contributed by atoms with Crippen LogP contribution in [-0.2, 0) is 9.53 Å². The smallest absolute Gasteiger partial charge is 0.247 e. The molecule has 0 unspecified atom stereocenters. The van der Waals surface area contributed by atoms with Crippen molar-refractivity contribution in [1.29, 1.82) is 0 Å². The van der Waals surface area contributed by atoms with Gasteiger partial charge in [0.1, 0.15) is 0 Å². The van der Waals surface area contributed by atoms with E-state index in [1.807, 2.05) is 36.4 Å². The molecule has 4 rings (SSSR count). The summed E-state index contributed by atoms with van der Waals surface area (Å²) < 4.78 is 5.32. The molecule has 1 heterocycles.